The van der Waals surface area contributed by atoms with E-state index in [1.165, 1.54) is 19.1 Å². The molecule has 1 amide bonds. The summed E-state index contributed by atoms with van der Waals surface area (Å²) < 4.78 is 60.2. The number of alkyl halides is 1. The minimum atomic E-state index is -2.63. The van der Waals surface area contributed by atoms with Gasteiger partial charge in [0.1, 0.15) is 36.3 Å². The Balaban J connectivity index is 1.88. The van der Waals surface area contributed by atoms with Crippen LogP contribution in [0, 0.1) is 29.6 Å². The van der Waals surface area contributed by atoms with E-state index in [0.717, 1.165) is 0 Å². The third kappa shape index (κ3) is 14.4. The standard InChI is InChI=1S/C52H88FNO14Si/c1-15-36-23-30(2)45(53)31(3)24-43(63-11)47-44(64-12)25-33(5)52(61,67-47)48(58)49(59)54-21-17-16-18-38(54)50(60)66-46(34(6)41(27-39(36)57)68-69(13,14)51(7,8)9)32(4)22-35-19-20-40(42(26-35)62-10)65-29-37(56)28-55/h22-23,31,33-38,40-47,55-56,61H,15-21,24-29H2,1-14H3. The van der Waals surface area contributed by atoms with Crippen LogP contribution in [0.15, 0.2) is 23.3 Å². The maximum absolute atomic E-state index is 16.7. The number of allylic oxidation sites excluding steroid dienone is 3. The van der Waals surface area contributed by atoms with Crippen molar-refractivity contribution in [1.29, 1.82) is 0 Å². The average Bonchev–Trinajstić information content (AvgIpc) is 3.31. The van der Waals surface area contributed by atoms with E-state index in [1.807, 2.05) is 20.8 Å². The van der Waals surface area contributed by atoms with Crippen molar-refractivity contribution in [1.82, 2.24) is 4.90 Å². The van der Waals surface area contributed by atoms with E-state index < -0.39 is 111 Å². The molecule has 0 spiro atoms. The summed E-state index contributed by atoms with van der Waals surface area (Å²) in [4.78, 5) is 59.8. The second-order valence-corrected chi connectivity index (χ2v) is 26.9. The number of halogens is 1. The monoisotopic (exact) mass is 998 g/mol. The number of ketones is 2. The lowest BCUT2D eigenvalue weighted by molar-refractivity contribution is -0.302. The van der Waals surface area contributed by atoms with E-state index >= 15 is 4.39 Å². The number of rotatable bonds is 12. The molecule has 3 fully saturated rings. The number of carbonyl (C=O) groups excluding carboxylic acids is 4. The molecule has 396 valence electrons. The van der Waals surface area contributed by atoms with Gasteiger partial charge in [-0.1, -0.05) is 60.6 Å². The summed E-state index contributed by atoms with van der Waals surface area (Å²) in [6.07, 6.45) is -0.0341. The van der Waals surface area contributed by atoms with E-state index in [-0.39, 0.29) is 67.8 Å². The van der Waals surface area contributed by atoms with Crippen molar-refractivity contribution in [2.45, 2.75) is 211 Å². The van der Waals surface area contributed by atoms with Gasteiger partial charge in [0.15, 0.2) is 8.32 Å². The van der Waals surface area contributed by atoms with E-state index in [9.17, 15) is 34.5 Å². The largest absolute Gasteiger partial charge is 0.456 e. The molecule has 1 aliphatic carbocycles. The van der Waals surface area contributed by atoms with Crippen molar-refractivity contribution in [2.75, 3.05) is 41.1 Å². The number of nitrogens with zero attached hydrogens (tertiary/aromatic N) is 1. The first-order valence-electron chi connectivity index (χ1n) is 25.4. The zero-order valence-electron chi connectivity index (χ0n) is 44.2. The summed E-state index contributed by atoms with van der Waals surface area (Å²) in [6, 6.07) is -1.18. The van der Waals surface area contributed by atoms with Crippen molar-refractivity contribution in [2.24, 2.45) is 29.6 Å². The minimum absolute atomic E-state index is 0.0348. The summed E-state index contributed by atoms with van der Waals surface area (Å²) >= 11 is 0. The van der Waals surface area contributed by atoms with E-state index in [1.54, 1.807) is 34.0 Å². The van der Waals surface area contributed by atoms with Gasteiger partial charge in [0, 0.05) is 52.0 Å². The number of esters is 1. The number of hydrogen-bond donors (Lipinski definition) is 3. The number of aliphatic hydroxyl groups is 3. The smallest absolute Gasteiger partial charge is 0.329 e. The number of hydrogen-bond acceptors (Lipinski definition) is 14. The third-order valence-corrected chi connectivity index (χ3v) is 20.5. The first-order chi connectivity index (χ1) is 32.3. The Labute approximate surface area is 412 Å². The van der Waals surface area contributed by atoms with E-state index in [2.05, 4.69) is 39.9 Å². The molecule has 1 saturated carbocycles. The molecule has 17 heteroatoms. The zero-order valence-corrected chi connectivity index (χ0v) is 45.2. The molecule has 0 aromatic carbocycles. The van der Waals surface area contributed by atoms with Crippen molar-refractivity contribution in [3.63, 3.8) is 0 Å². The number of methoxy groups -OCH3 is 3. The Hall–Kier alpha value is -2.45. The predicted molar refractivity (Wildman–Crippen MR) is 261 cm³/mol. The molecule has 4 rings (SSSR count). The molecule has 16 unspecified atom stereocenters. The molecule has 16 atom stereocenters. The summed E-state index contributed by atoms with van der Waals surface area (Å²) in [7, 11) is 1.88. The average molecular weight is 998 g/mol. The Morgan fingerprint density at radius 1 is 0.957 bits per heavy atom. The number of aliphatic hydroxyl groups excluding tert-OH is 2. The van der Waals surface area contributed by atoms with Crippen LogP contribution < -0.4 is 0 Å². The fourth-order valence-electron chi connectivity index (χ4n) is 10.4. The molecular weight excluding hydrogens is 910 g/mol. The molecule has 4 aliphatic rings. The Bertz CT molecular complexity index is 1790. The van der Waals surface area contributed by atoms with Gasteiger partial charge >= 0.3 is 5.97 Å². The Kier molecular flexibility index (Phi) is 21.8. The number of ether oxygens (including phenoxy) is 6. The van der Waals surface area contributed by atoms with Crippen LogP contribution in [0.5, 0.6) is 0 Å². The first kappa shape index (κ1) is 59.1. The predicted octanol–water partition coefficient (Wildman–Crippen LogP) is 6.83. The molecule has 3 N–H and O–H groups in total. The van der Waals surface area contributed by atoms with Crippen molar-refractivity contribution < 1.29 is 71.7 Å². The maximum Gasteiger partial charge on any atom is 0.329 e. The highest BCUT2D eigenvalue weighted by molar-refractivity contribution is 6.74. The molecule has 3 aliphatic heterocycles. The second kappa shape index (κ2) is 25.5. The van der Waals surface area contributed by atoms with Gasteiger partial charge in [-0.05, 0) is 113 Å². The Morgan fingerprint density at radius 2 is 1.59 bits per heavy atom. The third-order valence-electron chi connectivity index (χ3n) is 16.0. The lowest BCUT2D eigenvalue weighted by Gasteiger charge is -2.47. The van der Waals surface area contributed by atoms with Crippen molar-refractivity contribution >= 4 is 31.8 Å². The highest BCUT2D eigenvalue weighted by Crippen LogP contribution is 2.42. The van der Waals surface area contributed by atoms with Gasteiger partial charge in [-0.15, -0.1) is 0 Å². The molecule has 3 heterocycles. The first-order valence-corrected chi connectivity index (χ1v) is 28.4. The van der Waals surface area contributed by atoms with Crippen LogP contribution in [0.4, 0.5) is 4.39 Å². The van der Waals surface area contributed by atoms with E-state index in [4.69, 9.17) is 32.8 Å². The summed E-state index contributed by atoms with van der Waals surface area (Å²) in [5.41, 5.74) is 1.07. The van der Waals surface area contributed by atoms with Crippen molar-refractivity contribution in [3.05, 3.63) is 23.3 Å². The molecule has 0 radical (unpaired) electrons. The molecule has 0 aromatic heterocycles. The van der Waals surface area contributed by atoms with Crippen LogP contribution in [0.25, 0.3) is 0 Å². The molecule has 2 saturated heterocycles. The van der Waals surface area contributed by atoms with Crippen LogP contribution in [-0.4, -0.2) is 160 Å². The number of Topliss-reactive ketones (excluding diaryl/α,β-unsaturated/α-hetero) is 2. The number of carbonyl (C=O) groups is 4. The fraction of sp³-hybridized carbons (Fsp3) is 0.846. The van der Waals surface area contributed by atoms with Crippen LogP contribution >= 0.6 is 0 Å². The SMILES string of the molecule is CCC1C=C(C)C(F)C(C)CC(OC)C2OC(O)(C(=O)C(=O)N3CCCCC3C(=O)OC(C(C)=CC3CCC(OCC(O)CO)C(OC)C3)C(C)C(O[Si](C)(C)C(C)(C)C)CC1=O)C(C)CC2OC. The lowest BCUT2D eigenvalue weighted by Crippen LogP contribution is -2.64. The summed E-state index contributed by atoms with van der Waals surface area (Å²) in [6.45, 7) is 20.8. The van der Waals surface area contributed by atoms with Crippen LogP contribution in [0.3, 0.4) is 0 Å². The molecule has 2 bridgehead atoms. The number of amides is 1. The van der Waals surface area contributed by atoms with Gasteiger partial charge in [0.25, 0.3) is 11.7 Å². The highest BCUT2D eigenvalue weighted by atomic mass is 28.4. The van der Waals surface area contributed by atoms with Gasteiger partial charge in [-0.25, -0.2) is 9.18 Å². The van der Waals surface area contributed by atoms with Gasteiger partial charge < -0.3 is 53.1 Å². The molecular formula is C52H88FNO14Si. The summed E-state index contributed by atoms with van der Waals surface area (Å²) in [5, 5.41) is 31.3. The minimum Gasteiger partial charge on any atom is -0.456 e. The Morgan fingerprint density at radius 3 is 2.19 bits per heavy atom. The van der Waals surface area contributed by atoms with Crippen LogP contribution in [0.1, 0.15) is 127 Å². The molecule has 69 heavy (non-hydrogen) atoms. The maximum atomic E-state index is 16.7. The van der Waals surface area contributed by atoms with Gasteiger partial charge in [-0.3, -0.25) is 14.4 Å². The quantitative estimate of drug-likeness (QED) is 0.0797. The fourth-order valence-corrected chi connectivity index (χ4v) is 11.9. The number of piperidine rings is 1. The highest BCUT2D eigenvalue weighted by Gasteiger charge is 2.57. The zero-order chi connectivity index (χ0) is 51.8. The topological polar surface area (TPSA) is 197 Å². The lowest BCUT2D eigenvalue weighted by atomic mass is 9.81. The number of cyclic esters (lactones) is 1. The summed E-state index contributed by atoms with van der Waals surface area (Å²) in [5.74, 6) is -8.68. The van der Waals surface area contributed by atoms with Crippen molar-refractivity contribution in [3.8, 4) is 0 Å². The second-order valence-electron chi connectivity index (χ2n) is 22.1. The van der Waals surface area contributed by atoms with Gasteiger partial charge in [0.2, 0.25) is 5.79 Å². The van der Waals surface area contributed by atoms with Gasteiger partial charge in [-0.2, -0.15) is 0 Å². The van der Waals surface area contributed by atoms with Crippen LogP contribution in [-0.2, 0) is 52.0 Å². The normalized spacial score (nSPS) is 37.3. The van der Waals surface area contributed by atoms with Gasteiger partial charge in [0.05, 0.1) is 43.7 Å². The van der Waals surface area contributed by atoms with Crippen LogP contribution in [0.2, 0.25) is 18.1 Å². The van der Waals surface area contributed by atoms with E-state index in [0.29, 0.717) is 49.7 Å². The molecule has 15 nitrogen and oxygen atoms in total. The number of fused-ring (bicyclic) bond motifs is 3. The molecule has 0 aromatic rings.